The summed E-state index contributed by atoms with van der Waals surface area (Å²) in [6.07, 6.45) is 5.77. The molecule has 24 heavy (non-hydrogen) atoms. The molecule has 1 saturated heterocycles. The van der Waals surface area contributed by atoms with Crippen LogP contribution in [0.1, 0.15) is 24.6 Å². The number of urea groups is 1. The molecule has 0 spiro atoms. The van der Waals surface area contributed by atoms with E-state index in [1.54, 1.807) is 11.1 Å². The van der Waals surface area contributed by atoms with Crippen molar-refractivity contribution < 1.29 is 4.79 Å². The van der Waals surface area contributed by atoms with Gasteiger partial charge in [0.05, 0.1) is 23.6 Å². The Balaban J connectivity index is 1.69. The van der Waals surface area contributed by atoms with Crippen LogP contribution in [0, 0.1) is 5.92 Å². The molecule has 2 aromatic rings. The molecule has 0 unspecified atom stereocenters. The van der Waals surface area contributed by atoms with Crippen LogP contribution in [-0.2, 0) is 7.05 Å². The Hall–Kier alpha value is -1.93. The Morgan fingerprint density at radius 1 is 1.50 bits per heavy atom. The first-order valence-electron chi connectivity index (χ1n) is 8.16. The van der Waals surface area contributed by atoms with Gasteiger partial charge in [-0.05, 0) is 50.0 Å². The summed E-state index contributed by atoms with van der Waals surface area (Å²) in [5.41, 5.74) is 1.96. The molecule has 2 atom stereocenters. The van der Waals surface area contributed by atoms with Crippen LogP contribution < -0.4 is 5.32 Å². The highest BCUT2D eigenvalue weighted by atomic mass is 32.1. The highest BCUT2D eigenvalue weighted by Gasteiger charge is 2.33. The number of nitrogens with one attached hydrogen (secondary N) is 1. The van der Waals surface area contributed by atoms with Crippen molar-refractivity contribution in [3.8, 4) is 0 Å². The standard InChI is InChI=1S/C16H24N6OS/c1-20-8-4-5-12(15(20)14-6-7-17-22(14)3)10-21(2)16(23)19-13-9-18-24-11-13/h6-7,9,11-12,15H,4-5,8,10H2,1-3H3,(H,19,23)/t12-,15+/m0/s1. The Morgan fingerprint density at radius 2 is 2.33 bits per heavy atom. The minimum Gasteiger partial charge on any atom is -0.327 e. The van der Waals surface area contributed by atoms with Gasteiger partial charge in [0.2, 0.25) is 0 Å². The van der Waals surface area contributed by atoms with Crippen LogP contribution in [-0.4, -0.2) is 57.2 Å². The monoisotopic (exact) mass is 348 g/mol. The van der Waals surface area contributed by atoms with Crippen molar-refractivity contribution in [3.05, 3.63) is 29.5 Å². The molecule has 1 N–H and O–H groups in total. The maximum Gasteiger partial charge on any atom is 0.321 e. The van der Waals surface area contributed by atoms with Gasteiger partial charge in [0.25, 0.3) is 0 Å². The van der Waals surface area contributed by atoms with Gasteiger partial charge in [-0.2, -0.15) is 9.47 Å². The van der Waals surface area contributed by atoms with Crippen LogP contribution in [0.15, 0.2) is 23.8 Å². The van der Waals surface area contributed by atoms with Crippen LogP contribution in [0.3, 0.4) is 0 Å². The summed E-state index contributed by atoms with van der Waals surface area (Å²) < 4.78 is 5.95. The average Bonchev–Trinajstić information content (AvgIpc) is 3.19. The summed E-state index contributed by atoms with van der Waals surface area (Å²) in [4.78, 5) is 16.5. The molecule has 3 rings (SSSR count). The second-order valence-electron chi connectivity index (χ2n) is 6.43. The van der Waals surface area contributed by atoms with E-state index in [1.807, 2.05) is 30.4 Å². The Kier molecular flexibility index (Phi) is 5.15. The molecule has 1 aliphatic heterocycles. The third-order valence-electron chi connectivity index (χ3n) is 4.71. The first-order valence-corrected chi connectivity index (χ1v) is 8.99. The van der Waals surface area contributed by atoms with Gasteiger partial charge in [0, 0.05) is 32.2 Å². The van der Waals surface area contributed by atoms with Crippen molar-refractivity contribution in [2.24, 2.45) is 13.0 Å². The lowest BCUT2D eigenvalue weighted by atomic mass is 9.87. The number of amides is 2. The van der Waals surface area contributed by atoms with E-state index in [4.69, 9.17) is 0 Å². The molecular formula is C16H24N6OS. The normalized spacial score (nSPS) is 21.6. The number of hydrogen-bond acceptors (Lipinski definition) is 5. The van der Waals surface area contributed by atoms with Crippen LogP contribution in [0.4, 0.5) is 10.5 Å². The minimum absolute atomic E-state index is 0.0906. The molecule has 7 nitrogen and oxygen atoms in total. The molecule has 130 valence electrons. The first kappa shape index (κ1) is 16.9. The lowest BCUT2D eigenvalue weighted by Crippen LogP contribution is -2.44. The highest BCUT2D eigenvalue weighted by molar-refractivity contribution is 7.04. The number of carbonyl (C=O) groups is 1. The molecule has 0 saturated carbocycles. The summed E-state index contributed by atoms with van der Waals surface area (Å²) in [6.45, 7) is 1.78. The summed E-state index contributed by atoms with van der Waals surface area (Å²) >= 11 is 1.33. The smallest absolute Gasteiger partial charge is 0.321 e. The number of carbonyl (C=O) groups excluding carboxylic acids is 1. The van der Waals surface area contributed by atoms with E-state index in [-0.39, 0.29) is 12.1 Å². The predicted octanol–water partition coefficient (Wildman–Crippen LogP) is 2.42. The van der Waals surface area contributed by atoms with Crippen molar-refractivity contribution in [1.82, 2.24) is 24.0 Å². The van der Waals surface area contributed by atoms with Crippen LogP contribution in [0.2, 0.25) is 0 Å². The summed E-state index contributed by atoms with van der Waals surface area (Å²) in [7, 11) is 5.99. The molecule has 3 heterocycles. The lowest BCUT2D eigenvalue weighted by molar-refractivity contribution is 0.0960. The van der Waals surface area contributed by atoms with Crippen molar-refractivity contribution >= 4 is 23.3 Å². The van der Waals surface area contributed by atoms with Gasteiger partial charge in [-0.15, -0.1) is 0 Å². The molecule has 0 radical (unpaired) electrons. The number of piperidine rings is 1. The van der Waals surface area contributed by atoms with Gasteiger partial charge in [-0.1, -0.05) is 0 Å². The third kappa shape index (κ3) is 3.59. The summed E-state index contributed by atoms with van der Waals surface area (Å²) in [5, 5.41) is 9.04. The lowest BCUT2D eigenvalue weighted by Gasteiger charge is -2.40. The van der Waals surface area contributed by atoms with E-state index < -0.39 is 0 Å². The van der Waals surface area contributed by atoms with E-state index in [2.05, 4.69) is 32.8 Å². The maximum absolute atomic E-state index is 12.4. The number of nitrogens with zero attached hydrogens (tertiary/aromatic N) is 5. The van der Waals surface area contributed by atoms with Gasteiger partial charge >= 0.3 is 6.03 Å². The van der Waals surface area contributed by atoms with Crippen LogP contribution >= 0.6 is 11.5 Å². The molecule has 0 aliphatic carbocycles. The van der Waals surface area contributed by atoms with Crippen molar-refractivity contribution in [1.29, 1.82) is 0 Å². The zero-order valence-electron chi connectivity index (χ0n) is 14.3. The fourth-order valence-corrected chi connectivity index (χ4v) is 3.98. The quantitative estimate of drug-likeness (QED) is 0.921. The number of aryl methyl sites for hydroxylation is 1. The third-order valence-corrected chi connectivity index (χ3v) is 5.29. The Morgan fingerprint density at radius 3 is 3.00 bits per heavy atom. The van der Waals surface area contributed by atoms with E-state index >= 15 is 0 Å². The van der Waals surface area contributed by atoms with Gasteiger partial charge in [-0.25, -0.2) is 4.79 Å². The second-order valence-corrected chi connectivity index (χ2v) is 7.09. The maximum atomic E-state index is 12.4. The topological polar surface area (TPSA) is 66.3 Å². The predicted molar refractivity (Wildman–Crippen MR) is 95.1 cm³/mol. The molecule has 1 fully saturated rings. The number of aromatic nitrogens is 3. The summed E-state index contributed by atoms with van der Waals surface area (Å²) in [6, 6.07) is 2.27. The highest BCUT2D eigenvalue weighted by Crippen LogP contribution is 2.35. The van der Waals surface area contributed by atoms with E-state index in [9.17, 15) is 4.79 Å². The Bertz CT molecular complexity index is 670. The number of rotatable bonds is 4. The van der Waals surface area contributed by atoms with Crippen LogP contribution in [0.25, 0.3) is 0 Å². The number of hydrogen-bond donors (Lipinski definition) is 1. The zero-order valence-corrected chi connectivity index (χ0v) is 15.2. The first-order chi connectivity index (χ1) is 11.6. The van der Waals surface area contributed by atoms with Gasteiger partial charge < -0.3 is 10.2 Å². The molecule has 0 aromatic carbocycles. The molecule has 1 aliphatic rings. The zero-order chi connectivity index (χ0) is 17.1. The van der Waals surface area contributed by atoms with E-state index in [0.29, 0.717) is 12.5 Å². The fourth-order valence-electron chi connectivity index (χ4n) is 3.51. The molecule has 2 amide bonds. The van der Waals surface area contributed by atoms with Crippen molar-refractivity contribution in [2.75, 3.05) is 32.5 Å². The average molecular weight is 348 g/mol. The second kappa shape index (κ2) is 7.31. The number of likely N-dealkylation sites (tertiary alicyclic amines) is 1. The van der Waals surface area contributed by atoms with Gasteiger partial charge in [-0.3, -0.25) is 9.58 Å². The minimum atomic E-state index is -0.0906. The molecule has 0 bridgehead atoms. The van der Waals surface area contributed by atoms with Crippen molar-refractivity contribution in [2.45, 2.75) is 18.9 Å². The van der Waals surface area contributed by atoms with Gasteiger partial charge in [0.1, 0.15) is 0 Å². The number of anilines is 1. The Labute approximate surface area is 146 Å². The fraction of sp³-hybridized carbons (Fsp3) is 0.562. The largest absolute Gasteiger partial charge is 0.327 e. The molecule has 8 heteroatoms. The summed E-state index contributed by atoms with van der Waals surface area (Å²) in [5.74, 6) is 0.385. The van der Waals surface area contributed by atoms with Gasteiger partial charge in [0.15, 0.2) is 0 Å². The molecular weight excluding hydrogens is 324 g/mol. The van der Waals surface area contributed by atoms with Crippen molar-refractivity contribution in [3.63, 3.8) is 0 Å². The van der Waals surface area contributed by atoms with E-state index in [0.717, 1.165) is 25.1 Å². The SMILES string of the molecule is CN(C[C@@H]1CCCN(C)[C@H]1c1ccnn1C)C(=O)Nc1cnsc1. The van der Waals surface area contributed by atoms with E-state index in [1.165, 1.54) is 17.2 Å². The molecule has 2 aromatic heterocycles. The van der Waals surface area contributed by atoms with Crippen LogP contribution in [0.5, 0.6) is 0 Å².